The van der Waals surface area contributed by atoms with Gasteiger partial charge in [0.1, 0.15) is 0 Å². The Morgan fingerprint density at radius 1 is 1.06 bits per heavy atom. The van der Waals surface area contributed by atoms with Crippen molar-refractivity contribution in [3.8, 4) is 0 Å². The number of hydrogen-bond donors (Lipinski definition) is 1. The third-order valence-corrected chi connectivity index (χ3v) is 4.66. The van der Waals surface area contributed by atoms with E-state index in [9.17, 15) is 4.79 Å². The Labute approximate surface area is 111 Å². The lowest BCUT2D eigenvalue weighted by molar-refractivity contribution is -0.137. The average molecular weight is 253 g/mol. The molecular weight excluding hydrogens is 226 g/mol. The summed E-state index contributed by atoms with van der Waals surface area (Å²) in [4.78, 5) is 13.3. The molecule has 1 saturated heterocycles. The number of carboxylic acids is 1. The molecule has 1 saturated carbocycles. The van der Waals surface area contributed by atoms with E-state index in [2.05, 4.69) is 4.90 Å². The van der Waals surface area contributed by atoms with Gasteiger partial charge in [-0.15, -0.1) is 0 Å². The predicted octanol–water partition coefficient (Wildman–Crippen LogP) is 3.29. The lowest BCUT2D eigenvalue weighted by Gasteiger charge is -2.38. The monoisotopic (exact) mass is 253 g/mol. The maximum atomic E-state index is 10.7. The van der Waals surface area contributed by atoms with Gasteiger partial charge in [0.2, 0.25) is 0 Å². The molecule has 1 N–H and O–H groups in total. The minimum Gasteiger partial charge on any atom is -0.481 e. The lowest BCUT2D eigenvalue weighted by Crippen LogP contribution is -2.42. The van der Waals surface area contributed by atoms with Crippen LogP contribution in [-0.4, -0.2) is 35.1 Å². The summed E-state index contributed by atoms with van der Waals surface area (Å²) in [5, 5.41) is 8.83. The number of nitrogens with zero attached hydrogens (tertiary/aromatic N) is 1. The Morgan fingerprint density at radius 2 is 1.78 bits per heavy atom. The number of piperidine rings is 1. The highest BCUT2D eigenvalue weighted by molar-refractivity contribution is 5.66. The molecule has 1 unspecified atom stereocenters. The van der Waals surface area contributed by atoms with Crippen LogP contribution in [0, 0.1) is 5.92 Å². The Kier molecular flexibility index (Phi) is 5.48. The van der Waals surface area contributed by atoms with Gasteiger partial charge in [-0.25, -0.2) is 0 Å². The van der Waals surface area contributed by atoms with Crippen LogP contribution in [-0.2, 0) is 4.79 Å². The molecule has 2 aliphatic rings. The maximum absolute atomic E-state index is 10.7. The van der Waals surface area contributed by atoms with Gasteiger partial charge >= 0.3 is 5.97 Å². The van der Waals surface area contributed by atoms with E-state index in [-0.39, 0.29) is 0 Å². The van der Waals surface area contributed by atoms with Gasteiger partial charge in [-0.1, -0.05) is 25.7 Å². The molecule has 104 valence electrons. The average Bonchev–Trinajstić information content (AvgIpc) is 2.39. The zero-order valence-corrected chi connectivity index (χ0v) is 11.4. The minimum atomic E-state index is -0.641. The van der Waals surface area contributed by atoms with Crippen molar-refractivity contribution in [1.29, 1.82) is 0 Å². The molecule has 0 bridgehead atoms. The van der Waals surface area contributed by atoms with Gasteiger partial charge in [0.15, 0.2) is 0 Å². The van der Waals surface area contributed by atoms with Crippen LogP contribution in [0.5, 0.6) is 0 Å². The number of aliphatic carboxylic acids is 1. The second-order valence-corrected chi connectivity index (χ2v) is 6.08. The summed E-state index contributed by atoms with van der Waals surface area (Å²) in [5.74, 6) is 0.238. The van der Waals surface area contributed by atoms with Crippen LogP contribution in [0.3, 0.4) is 0 Å². The molecular formula is C15H27NO2. The van der Waals surface area contributed by atoms with E-state index in [1.807, 2.05) is 0 Å². The standard InChI is InChI=1S/C15H27NO2/c17-15(18)10-9-14-8-4-5-11-16(14)12-13-6-2-1-3-7-13/h13-14H,1-12H2,(H,17,18). The van der Waals surface area contributed by atoms with E-state index in [4.69, 9.17) is 5.11 Å². The molecule has 1 aliphatic heterocycles. The topological polar surface area (TPSA) is 40.5 Å². The van der Waals surface area contributed by atoms with Gasteiger partial charge in [-0.05, 0) is 44.6 Å². The van der Waals surface area contributed by atoms with Gasteiger partial charge in [0.05, 0.1) is 0 Å². The summed E-state index contributed by atoms with van der Waals surface area (Å²) >= 11 is 0. The molecule has 2 fully saturated rings. The molecule has 0 radical (unpaired) electrons. The molecule has 0 aromatic heterocycles. The predicted molar refractivity (Wildman–Crippen MR) is 72.7 cm³/mol. The normalized spacial score (nSPS) is 27.2. The molecule has 2 rings (SSSR count). The second kappa shape index (κ2) is 7.13. The van der Waals surface area contributed by atoms with Gasteiger partial charge in [-0.2, -0.15) is 0 Å². The van der Waals surface area contributed by atoms with E-state index >= 15 is 0 Å². The molecule has 1 heterocycles. The molecule has 1 aliphatic carbocycles. The van der Waals surface area contributed by atoms with Gasteiger partial charge in [-0.3, -0.25) is 4.79 Å². The molecule has 3 heteroatoms. The fourth-order valence-corrected chi connectivity index (χ4v) is 3.62. The first-order valence-corrected chi connectivity index (χ1v) is 7.71. The fourth-order valence-electron chi connectivity index (χ4n) is 3.62. The van der Waals surface area contributed by atoms with E-state index in [1.54, 1.807) is 0 Å². The number of likely N-dealkylation sites (tertiary alicyclic amines) is 1. The van der Waals surface area contributed by atoms with Crippen LogP contribution < -0.4 is 0 Å². The van der Waals surface area contributed by atoms with Crippen molar-refractivity contribution in [1.82, 2.24) is 4.90 Å². The first-order valence-electron chi connectivity index (χ1n) is 7.71. The smallest absolute Gasteiger partial charge is 0.303 e. The quantitative estimate of drug-likeness (QED) is 0.817. The SMILES string of the molecule is O=C(O)CCC1CCCCN1CC1CCCCC1. The number of hydrogen-bond acceptors (Lipinski definition) is 2. The van der Waals surface area contributed by atoms with Crippen molar-refractivity contribution in [2.75, 3.05) is 13.1 Å². The largest absolute Gasteiger partial charge is 0.481 e. The summed E-state index contributed by atoms with van der Waals surface area (Å²) in [7, 11) is 0. The minimum absolute atomic E-state index is 0.339. The van der Waals surface area contributed by atoms with Crippen molar-refractivity contribution < 1.29 is 9.90 Å². The first kappa shape index (κ1) is 13.9. The summed E-state index contributed by atoms with van der Waals surface area (Å²) < 4.78 is 0. The van der Waals surface area contributed by atoms with Gasteiger partial charge in [0, 0.05) is 19.0 Å². The van der Waals surface area contributed by atoms with Gasteiger partial charge in [0.25, 0.3) is 0 Å². The first-order chi connectivity index (χ1) is 8.75. The van der Waals surface area contributed by atoms with Crippen LogP contribution in [0.25, 0.3) is 0 Å². The van der Waals surface area contributed by atoms with Crippen LogP contribution >= 0.6 is 0 Å². The summed E-state index contributed by atoms with van der Waals surface area (Å²) in [6, 6.07) is 0.539. The second-order valence-electron chi connectivity index (χ2n) is 6.08. The van der Waals surface area contributed by atoms with Crippen molar-refractivity contribution in [2.24, 2.45) is 5.92 Å². The lowest BCUT2D eigenvalue weighted by atomic mass is 9.87. The van der Waals surface area contributed by atoms with Crippen molar-refractivity contribution in [2.45, 2.75) is 70.3 Å². The number of carboxylic acid groups (broad SMARTS) is 1. The zero-order valence-electron chi connectivity index (χ0n) is 11.4. The summed E-state index contributed by atoms with van der Waals surface area (Å²) in [6.07, 6.45) is 12.0. The zero-order chi connectivity index (χ0) is 12.8. The molecule has 3 nitrogen and oxygen atoms in total. The van der Waals surface area contributed by atoms with E-state index in [0.29, 0.717) is 12.5 Å². The van der Waals surface area contributed by atoms with Crippen molar-refractivity contribution in [3.05, 3.63) is 0 Å². The molecule has 1 atom stereocenters. The van der Waals surface area contributed by atoms with E-state index in [0.717, 1.165) is 12.3 Å². The molecule has 0 spiro atoms. The highest BCUT2D eigenvalue weighted by atomic mass is 16.4. The van der Waals surface area contributed by atoms with Crippen LogP contribution in [0.4, 0.5) is 0 Å². The third kappa shape index (κ3) is 4.27. The third-order valence-electron chi connectivity index (χ3n) is 4.66. The number of carbonyl (C=O) groups is 1. The highest BCUT2D eigenvalue weighted by Crippen LogP contribution is 2.28. The summed E-state index contributed by atoms with van der Waals surface area (Å²) in [6.45, 7) is 2.42. The molecule has 0 amide bonds. The molecule has 18 heavy (non-hydrogen) atoms. The molecule has 0 aromatic rings. The van der Waals surface area contributed by atoms with Crippen LogP contribution in [0.1, 0.15) is 64.2 Å². The fraction of sp³-hybridized carbons (Fsp3) is 0.933. The number of rotatable bonds is 5. The van der Waals surface area contributed by atoms with Gasteiger partial charge < -0.3 is 10.0 Å². The Morgan fingerprint density at radius 3 is 2.50 bits per heavy atom. The summed E-state index contributed by atoms with van der Waals surface area (Å²) in [5.41, 5.74) is 0. The van der Waals surface area contributed by atoms with Crippen LogP contribution in [0.15, 0.2) is 0 Å². The van der Waals surface area contributed by atoms with Crippen molar-refractivity contribution >= 4 is 5.97 Å². The van der Waals surface area contributed by atoms with E-state index in [1.165, 1.54) is 64.5 Å². The van der Waals surface area contributed by atoms with Crippen LogP contribution in [0.2, 0.25) is 0 Å². The van der Waals surface area contributed by atoms with Crippen molar-refractivity contribution in [3.63, 3.8) is 0 Å². The Bertz CT molecular complexity index is 261. The van der Waals surface area contributed by atoms with E-state index < -0.39 is 5.97 Å². The Hall–Kier alpha value is -0.570. The maximum Gasteiger partial charge on any atom is 0.303 e. The Balaban J connectivity index is 1.80. The highest BCUT2D eigenvalue weighted by Gasteiger charge is 2.25. The molecule has 0 aromatic carbocycles.